The van der Waals surface area contributed by atoms with Gasteiger partial charge >= 0.3 is 5.97 Å². The van der Waals surface area contributed by atoms with Crippen molar-refractivity contribution in [2.45, 2.75) is 13.7 Å². The number of hydrogen-bond acceptors (Lipinski definition) is 6. The Kier molecular flexibility index (Phi) is 3.93. The summed E-state index contributed by atoms with van der Waals surface area (Å²) < 4.78 is 11.7. The fraction of sp³-hybridized carbons (Fsp3) is 0.111. The monoisotopic (exact) mass is 369 g/mol. The summed E-state index contributed by atoms with van der Waals surface area (Å²) >= 11 is 5.97. The molecule has 0 saturated carbocycles. The van der Waals surface area contributed by atoms with Gasteiger partial charge in [0, 0.05) is 16.0 Å². The highest BCUT2D eigenvalue weighted by molar-refractivity contribution is 6.31. The fourth-order valence-corrected chi connectivity index (χ4v) is 2.85. The van der Waals surface area contributed by atoms with Crippen LogP contribution in [0.15, 0.2) is 51.7 Å². The molecule has 0 amide bonds. The second kappa shape index (κ2) is 6.27. The van der Waals surface area contributed by atoms with Crippen molar-refractivity contribution in [3.05, 3.63) is 69.2 Å². The standard InChI is InChI=1S/C18H12ClN3O4/c1-10-13-8-11(19)6-7-15(13)26-16(10)18(24)25-9-22-17(23)12-4-2-3-5-14(12)20-21-22/h2-8H,9H2,1H3. The van der Waals surface area contributed by atoms with E-state index >= 15 is 0 Å². The summed E-state index contributed by atoms with van der Waals surface area (Å²) in [6, 6.07) is 11.9. The lowest BCUT2D eigenvalue weighted by Crippen LogP contribution is -2.26. The smallest absolute Gasteiger partial charge is 0.376 e. The summed E-state index contributed by atoms with van der Waals surface area (Å²) in [5.41, 5.74) is 1.23. The zero-order chi connectivity index (χ0) is 18.3. The lowest BCUT2D eigenvalue weighted by Gasteiger charge is -2.05. The quantitative estimate of drug-likeness (QED) is 0.515. The minimum absolute atomic E-state index is 0.0593. The minimum Gasteiger partial charge on any atom is -0.449 e. The summed E-state index contributed by atoms with van der Waals surface area (Å²) in [6.45, 7) is 1.37. The van der Waals surface area contributed by atoms with Gasteiger partial charge in [-0.2, -0.15) is 4.68 Å². The minimum atomic E-state index is -0.698. The Morgan fingerprint density at radius 2 is 2.04 bits per heavy atom. The Balaban J connectivity index is 1.61. The molecule has 2 heterocycles. The maximum Gasteiger partial charge on any atom is 0.376 e. The van der Waals surface area contributed by atoms with Gasteiger partial charge in [-0.15, -0.1) is 5.10 Å². The van der Waals surface area contributed by atoms with Gasteiger partial charge in [-0.05, 0) is 37.3 Å². The van der Waals surface area contributed by atoms with Gasteiger partial charge < -0.3 is 9.15 Å². The van der Waals surface area contributed by atoms with Crippen LogP contribution in [-0.2, 0) is 11.5 Å². The molecule has 0 spiro atoms. The van der Waals surface area contributed by atoms with Crippen LogP contribution < -0.4 is 5.56 Å². The second-order valence-electron chi connectivity index (χ2n) is 5.67. The predicted octanol–water partition coefficient (Wildman–Crippen LogP) is 3.31. The van der Waals surface area contributed by atoms with E-state index in [1.807, 2.05) is 0 Å². The molecule has 130 valence electrons. The Bertz CT molecular complexity index is 1210. The van der Waals surface area contributed by atoms with Crippen molar-refractivity contribution in [3.8, 4) is 0 Å². The van der Waals surface area contributed by atoms with E-state index in [4.69, 9.17) is 20.8 Å². The van der Waals surface area contributed by atoms with Crippen LogP contribution in [0, 0.1) is 6.92 Å². The molecule has 0 bridgehead atoms. The molecule has 0 radical (unpaired) electrons. The van der Waals surface area contributed by atoms with E-state index in [9.17, 15) is 9.59 Å². The van der Waals surface area contributed by atoms with E-state index in [1.165, 1.54) is 0 Å². The van der Waals surface area contributed by atoms with Crippen LogP contribution in [0.25, 0.3) is 21.9 Å². The number of aromatic nitrogens is 3. The first-order valence-corrected chi connectivity index (χ1v) is 8.11. The molecule has 7 nitrogen and oxygen atoms in total. The highest BCUT2D eigenvalue weighted by atomic mass is 35.5. The molecular weight excluding hydrogens is 358 g/mol. The van der Waals surface area contributed by atoms with Gasteiger partial charge in [0.2, 0.25) is 5.76 Å². The highest BCUT2D eigenvalue weighted by Gasteiger charge is 2.20. The molecule has 0 aliphatic carbocycles. The first kappa shape index (κ1) is 16.3. The number of benzene rings is 2. The molecule has 0 aliphatic heterocycles. The van der Waals surface area contributed by atoms with Gasteiger partial charge in [0.15, 0.2) is 6.73 Å². The molecule has 0 aliphatic rings. The van der Waals surface area contributed by atoms with Crippen LogP contribution in [-0.4, -0.2) is 21.0 Å². The van der Waals surface area contributed by atoms with Gasteiger partial charge in [0.25, 0.3) is 5.56 Å². The summed E-state index contributed by atoms with van der Waals surface area (Å²) in [4.78, 5) is 24.7. The number of carbonyl (C=O) groups excluding carboxylic acids is 1. The van der Waals surface area contributed by atoms with Crippen molar-refractivity contribution in [2.75, 3.05) is 0 Å². The Morgan fingerprint density at radius 1 is 1.23 bits per heavy atom. The first-order chi connectivity index (χ1) is 12.5. The molecule has 2 aromatic carbocycles. The molecular formula is C18H12ClN3O4. The largest absolute Gasteiger partial charge is 0.449 e. The number of halogens is 1. The summed E-state index contributed by atoms with van der Waals surface area (Å²) in [7, 11) is 0. The summed E-state index contributed by atoms with van der Waals surface area (Å²) in [5.74, 6) is -0.638. The van der Waals surface area contributed by atoms with Gasteiger partial charge in [0.1, 0.15) is 11.1 Å². The number of furan rings is 1. The zero-order valence-corrected chi connectivity index (χ0v) is 14.4. The number of ether oxygens (including phenoxy) is 1. The average molecular weight is 370 g/mol. The number of hydrogen-bond donors (Lipinski definition) is 0. The van der Waals surface area contributed by atoms with Gasteiger partial charge in [-0.25, -0.2) is 4.79 Å². The zero-order valence-electron chi connectivity index (χ0n) is 13.6. The Hall–Kier alpha value is -3.19. The molecule has 4 aromatic rings. The van der Waals surface area contributed by atoms with Crippen molar-refractivity contribution in [1.29, 1.82) is 0 Å². The van der Waals surface area contributed by atoms with E-state index in [0.717, 1.165) is 10.1 Å². The molecule has 2 aromatic heterocycles. The molecule has 8 heteroatoms. The van der Waals surface area contributed by atoms with Crippen molar-refractivity contribution >= 4 is 39.4 Å². The first-order valence-electron chi connectivity index (χ1n) is 7.73. The Labute approximate surface area is 151 Å². The maximum absolute atomic E-state index is 12.4. The number of esters is 1. The number of fused-ring (bicyclic) bond motifs is 2. The third-order valence-electron chi connectivity index (χ3n) is 4.03. The number of nitrogens with zero attached hydrogens (tertiary/aromatic N) is 3. The van der Waals surface area contributed by atoms with Crippen molar-refractivity contribution in [2.24, 2.45) is 0 Å². The van der Waals surface area contributed by atoms with E-state index in [0.29, 0.717) is 27.1 Å². The van der Waals surface area contributed by atoms with E-state index in [2.05, 4.69) is 10.3 Å². The maximum atomic E-state index is 12.4. The van der Waals surface area contributed by atoms with Crippen LogP contribution in [0.4, 0.5) is 0 Å². The number of aryl methyl sites for hydroxylation is 1. The molecule has 0 fully saturated rings. The van der Waals surface area contributed by atoms with Crippen LogP contribution in [0.2, 0.25) is 5.02 Å². The molecule has 4 rings (SSSR count). The number of rotatable bonds is 3. The molecule has 0 unspecified atom stereocenters. The van der Waals surface area contributed by atoms with Gasteiger partial charge in [-0.1, -0.05) is 28.9 Å². The van der Waals surface area contributed by atoms with Crippen LogP contribution in [0.1, 0.15) is 16.1 Å². The second-order valence-corrected chi connectivity index (χ2v) is 6.11. The SMILES string of the molecule is Cc1c(C(=O)OCn2nnc3ccccc3c2=O)oc2ccc(Cl)cc12. The summed E-state index contributed by atoms with van der Waals surface area (Å²) in [6.07, 6.45) is 0. The molecule has 0 atom stereocenters. The highest BCUT2D eigenvalue weighted by Crippen LogP contribution is 2.28. The predicted molar refractivity (Wildman–Crippen MR) is 95.2 cm³/mol. The molecule has 0 N–H and O–H groups in total. The fourth-order valence-electron chi connectivity index (χ4n) is 2.68. The lowest BCUT2D eigenvalue weighted by atomic mass is 10.1. The molecule has 26 heavy (non-hydrogen) atoms. The van der Waals surface area contributed by atoms with Gasteiger partial charge in [-0.3, -0.25) is 4.79 Å². The topological polar surface area (TPSA) is 87.2 Å². The average Bonchev–Trinajstić information content (AvgIpc) is 2.97. The third kappa shape index (κ3) is 2.72. The van der Waals surface area contributed by atoms with Crippen molar-refractivity contribution in [3.63, 3.8) is 0 Å². The Morgan fingerprint density at radius 3 is 2.88 bits per heavy atom. The molecule has 0 saturated heterocycles. The van der Waals surface area contributed by atoms with E-state index in [1.54, 1.807) is 49.4 Å². The van der Waals surface area contributed by atoms with Crippen LogP contribution in [0.3, 0.4) is 0 Å². The summed E-state index contributed by atoms with van der Waals surface area (Å²) in [5, 5.41) is 9.38. The van der Waals surface area contributed by atoms with Crippen molar-refractivity contribution in [1.82, 2.24) is 15.0 Å². The normalized spacial score (nSPS) is 11.2. The lowest BCUT2D eigenvalue weighted by molar-refractivity contribution is 0.0301. The number of carbonyl (C=O) groups is 1. The van der Waals surface area contributed by atoms with E-state index in [-0.39, 0.29) is 12.5 Å². The van der Waals surface area contributed by atoms with Gasteiger partial charge in [0.05, 0.1) is 5.39 Å². The van der Waals surface area contributed by atoms with E-state index < -0.39 is 11.5 Å². The third-order valence-corrected chi connectivity index (χ3v) is 4.27. The van der Waals surface area contributed by atoms with Crippen LogP contribution >= 0.6 is 11.6 Å². The van der Waals surface area contributed by atoms with Crippen molar-refractivity contribution < 1.29 is 13.9 Å². The van der Waals surface area contributed by atoms with Crippen LogP contribution in [0.5, 0.6) is 0 Å².